The number of nitrogens with zero attached hydrogens (tertiary/aromatic N) is 3. The van der Waals surface area contributed by atoms with Gasteiger partial charge in [-0.2, -0.15) is 0 Å². The molecule has 2 heterocycles. The lowest BCUT2D eigenvalue weighted by atomic mass is 9.94. The fourth-order valence-corrected chi connectivity index (χ4v) is 3.02. The number of rotatable bonds is 3. The van der Waals surface area contributed by atoms with Crippen LogP contribution in [-0.4, -0.2) is 29.6 Å². The van der Waals surface area contributed by atoms with E-state index in [1.54, 1.807) is 6.07 Å². The number of anilines is 1. The van der Waals surface area contributed by atoms with Gasteiger partial charge < -0.3 is 10.6 Å². The Kier molecular flexibility index (Phi) is 3.78. The van der Waals surface area contributed by atoms with Crippen molar-refractivity contribution in [2.45, 2.75) is 19.3 Å². The molecule has 1 aliphatic heterocycles. The molecule has 0 spiro atoms. The highest BCUT2D eigenvalue weighted by atomic mass is 19.1. The van der Waals surface area contributed by atoms with Crippen molar-refractivity contribution in [1.29, 1.82) is 0 Å². The third-order valence-electron chi connectivity index (χ3n) is 3.99. The van der Waals surface area contributed by atoms with Crippen molar-refractivity contribution >= 4 is 16.7 Å². The zero-order valence-corrected chi connectivity index (χ0v) is 11.4. The van der Waals surface area contributed by atoms with Crippen molar-refractivity contribution < 1.29 is 4.39 Å². The molecule has 2 N–H and O–H groups in total. The SMILES string of the molecule is NCCC1CCCN(c2ncnc3c(F)cccc23)C1. The third kappa shape index (κ3) is 2.45. The molecule has 2 aromatic rings. The average molecular weight is 274 g/mol. The Morgan fingerprint density at radius 2 is 2.25 bits per heavy atom. The highest BCUT2D eigenvalue weighted by molar-refractivity contribution is 5.89. The predicted octanol–water partition coefficient (Wildman–Crippen LogP) is 2.33. The Morgan fingerprint density at radius 1 is 1.35 bits per heavy atom. The minimum absolute atomic E-state index is 0.290. The minimum atomic E-state index is -0.290. The highest BCUT2D eigenvalue weighted by Gasteiger charge is 2.22. The van der Waals surface area contributed by atoms with Gasteiger partial charge in [0.05, 0.1) is 0 Å². The van der Waals surface area contributed by atoms with Crippen molar-refractivity contribution in [3.05, 3.63) is 30.3 Å². The summed E-state index contributed by atoms with van der Waals surface area (Å²) in [5, 5.41) is 0.792. The van der Waals surface area contributed by atoms with Gasteiger partial charge in [-0.25, -0.2) is 14.4 Å². The average Bonchev–Trinajstić information content (AvgIpc) is 2.48. The fourth-order valence-electron chi connectivity index (χ4n) is 3.02. The predicted molar refractivity (Wildman–Crippen MR) is 78.1 cm³/mol. The summed E-state index contributed by atoms with van der Waals surface area (Å²) in [5.74, 6) is 1.16. The normalized spacial score (nSPS) is 19.5. The first-order chi connectivity index (χ1) is 9.79. The first kappa shape index (κ1) is 13.2. The number of hydrogen-bond donors (Lipinski definition) is 1. The molecule has 1 aromatic heterocycles. The topological polar surface area (TPSA) is 55.0 Å². The van der Waals surface area contributed by atoms with Crippen LogP contribution in [0, 0.1) is 11.7 Å². The molecule has 1 atom stereocenters. The van der Waals surface area contributed by atoms with Gasteiger partial charge in [0.15, 0.2) is 0 Å². The first-order valence-electron chi connectivity index (χ1n) is 7.14. The summed E-state index contributed by atoms with van der Waals surface area (Å²) in [6.45, 7) is 2.63. The standard InChI is InChI=1S/C15H19FN4/c16-13-5-1-4-12-14(13)18-10-19-15(12)20-8-2-3-11(9-20)6-7-17/h1,4-5,10-11H,2-3,6-9,17H2. The smallest absolute Gasteiger partial charge is 0.149 e. The van der Waals surface area contributed by atoms with E-state index in [9.17, 15) is 4.39 Å². The number of halogens is 1. The second-order valence-electron chi connectivity index (χ2n) is 5.36. The molecule has 0 amide bonds. The van der Waals surface area contributed by atoms with E-state index in [2.05, 4.69) is 14.9 Å². The van der Waals surface area contributed by atoms with Crippen molar-refractivity contribution in [3.63, 3.8) is 0 Å². The van der Waals surface area contributed by atoms with E-state index < -0.39 is 0 Å². The van der Waals surface area contributed by atoms with Crippen LogP contribution in [0.2, 0.25) is 0 Å². The van der Waals surface area contributed by atoms with Crippen molar-refractivity contribution in [3.8, 4) is 0 Å². The van der Waals surface area contributed by atoms with Crippen LogP contribution < -0.4 is 10.6 Å². The summed E-state index contributed by atoms with van der Waals surface area (Å²) in [5.41, 5.74) is 6.06. The number of piperidine rings is 1. The Morgan fingerprint density at radius 3 is 3.10 bits per heavy atom. The fraction of sp³-hybridized carbons (Fsp3) is 0.467. The Labute approximate surface area is 117 Å². The van der Waals surface area contributed by atoms with E-state index in [1.807, 2.05) is 6.07 Å². The lowest BCUT2D eigenvalue weighted by Gasteiger charge is -2.34. The zero-order valence-electron chi connectivity index (χ0n) is 11.4. The molecule has 5 heteroatoms. The third-order valence-corrected chi connectivity index (χ3v) is 3.99. The molecule has 1 aliphatic rings. The van der Waals surface area contributed by atoms with Gasteiger partial charge in [0, 0.05) is 18.5 Å². The van der Waals surface area contributed by atoms with Crippen LogP contribution in [-0.2, 0) is 0 Å². The molecular formula is C15H19FN4. The lowest BCUT2D eigenvalue weighted by Crippen LogP contribution is -2.36. The number of benzene rings is 1. The number of hydrogen-bond acceptors (Lipinski definition) is 4. The molecule has 0 aliphatic carbocycles. The minimum Gasteiger partial charge on any atom is -0.356 e. The molecular weight excluding hydrogens is 255 g/mol. The van der Waals surface area contributed by atoms with Crippen LogP contribution >= 0.6 is 0 Å². The second-order valence-corrected chi connectivity index (χ2v) is 5.36. The van der Waals surface area contributed by atoms with Gasteiger partial charge in [0.25, 0.3) is 0 Å². The van der Waals surface area contributed by atoms with Crippen molar-refractivity contribution in [2.24, 2.45) is 11.7 Å². The molecule has 20 heavy (non-hydrogen) atoms. The second kappa shape index (κ2) is 5.71. The highest BCUT2D eigenvalue weighted by Crippen LogP contribution is 2.29. The number of nitrogens with two attached hydrogens (primary N) is 1. The number of para-hydroxylation sites is 1. The Balaban J connectivity index is 1.95. The van der Waals surface area contributed by atoms with Crippen LogP contribution in [0.25, 0.3) is 10.9 Å². The maximum atomic E-state index is 13.8. The molecule has 106 valence electrons. The Bertz CT molecular complexity index is 599. The van der Waals surface area contributed by atoms with E-state index in [0.29, 0.717) is 11.4 Å². The number of aromatic nitrogens is 2. The first-order valence-corrected chi connectivity index (χ1v) is 7.14. The van der Waals surface area contributed by atoms with Crippen LogP contribution in [0.1, 0.15) is 19.3 Å². The summed E-state index contributed by atoms with van der Waals surface area (Å²) < 4.78 is 13.8. The molecule has 1 saturated heterocycles. The van der Waals surface area contributed by atoms with E-state index in [4.69, 9.17) is 5.73 Å². The molecule has 0 saturated carbocycles. The maximum absolute atomic E-state index is 13.8. The van der Waals surface area contributed by atoms with Gasteiger partial charge in [-0.1, -0.05) is 6.07 Å². The van der Waals surface area contributed by atoms with Crippen LogP contribution in [0.4, 0.5) is 10.2 Å². The maximum Gasteiger partial charge on any atom is 0.149 e. The summed E-state index contributed by atoms with van der Waals surface area (Å²) in [6, 6.07) is 5.04. The van der Waals surface area contributed by atoms with Gasteiger partial charge in [0.2, 0.25) is 0 Å². The molecule has 0 bridgehead atoms. The van der Waals surface area contributed by atoms with E-state index in [1.165, 1.54) is 18.8 Å². The Hall–Kier alpha value is -1.75. The summed E-state index contributed by atoms with van der Waals surface area (Å²) in [4.78, 5) is 10.7. The molecule has 3 rings (SSSR count). The molecule has 1 unspecified atom stereocenters. The van der Waals surface area contributed by atoms with Gasteiger partial charge in [-0.05, 0) is 43.9 Å². The van der Waals surface area contributed by atoms with Gasteiger partial charge >= 0.3 is 0 Å². The number of fused-ring (bicyclic) bond motifs is 1. The van der Waals surface area contributed by atoms with Crippen LogP contribution in [0.5, 0.6) is 0 Å². The molecule has 1 fully saturated rings. The van der Waals surface area contributed by atoms with E-state index >= 15 is 0 Å². The monoisotopic (exact) mass is 274 g/mol. The van der Waals surface area contributed by atoms with Crippen molar-refractivity contribution in [2.75, 3.05) is 24.5 Å². The molecule has 1 aromatic carbocycles. The largest absolute Gasteiger partial charge is 0.356 e. The van der Waals surface area contributed by atoms with Gasteiger partial charge in [-0.3, -0.25) is 0 Å². The molecule has 0 radical (unpaired) electrons. The lowest BCUT2D eigenvalue weighted by molar-refractivity contribution is 0.395. The van der Waals surface area contributed by atoms with Gasteiger partial charge in [0.1, 0.15) is 23.5 Å². The molecule has 4 nitrogen and oxygen atoms in total. The van der Waals surface area contributed by atoms with E-state index in [-0.39, 0.29) is 5.82 Å². The van der Waals surface area contributed by atoms with Crippen LogP contribution in [0.15, 0.2) is 24.5 Å². The quantitative estimate of drug-likeness (QED) is 0.933. The summed E-state index contributed by atoms with van der Waals surface area (Å²) >= 11 is 0. The summed E-state index contributed by atoms with van der Waals surface area (Å²) in [7, 11) is 0. The van der Waals surface area contributed by atoms with Crippen LogP contribution in [0.3, 0.4) is 0 Å². The van der Waals surface area contributed by atoms with E-state index in [0.717, 1.165) is 43.7 Å². The summed E-state index contributed by atoms with van der Waals surface area (Å²) in [6.07, 6.45) is 4.83. The van der Waals surface area contributed by atoms with Crippen molar-refractivity contribution in [1.82, 2.24) is 9.97 Å². The zero-order chi connectivity index (χ0) is 13.9. The van der Waals surface area contributed by atoms with Gasteiger partial charge in [-0.15, -0.1) is 0 Å².